The van der Waals surface area contributed by atoms with Crippen molar-refractivity contribution in [3.05, 3.63) is 76.3 Å². The average Bonchev–Trinajstić information content (AvgIpc) is 3.35. The summed E-state index contributed by atoms with van der Waals surface area (Å²) < 4.78 is 0.918. The number of fused-ring (bicyclic) bond motifs is 1. The van der Waals surface area contributed by atoms with Crippen LogP contribution in [-0.2, 0) is 27.2 Å². The molecule has 2 aromatic carbocycles. The number of halogens is 1. The number of likely N-dealkylation sites (N-methyl/N-ethyl adjacent to an activating group) is 1. The molecule has 0 aliphatic heterocycles. The molecule has 0 spiro atoms. The molecule has 3 N–H and O–H groups in total. The zero-order valence-corrected chi connectivity index (χ0v) is 25.6. The van der Waals surface area contributed by atoms with Gasteiger partial charge in [-0.3, -0.25) is 19.3 Å². The van der Waals surface area contributed by atoms with E-state index in [1.54, 1.807) is 6.07 Å². The summed E-state index contributed by atoms with van der Waals surface area (Å²) in [4.78, 5) is 45.8. The Balaban J connectivity index is 1.76. The summed E-state index contributed by atoms with van der Waals surface area (Å²) in [6.07, 6.45) is 1.73. The molecule has 0 radical (unpaired) electrons. The van der Waals surface area contributed by atoms with Crippen LogP contribution in [0.25, 0.3) is 10.2 Å². The van der Waals surface area contributed by atoms with Gasteiger partial charge in [0.05, 0.1) is 21.3 Å². The van der Waals surface area contributed by atoms with Gasteiger partial charge in [0, 0.05) is 36.5 Å². The number of hydrogen-bond acceptors (Lipinski definition) is 6. The van der Waals surface area contributed by atoms with Gasteiger partial charge in [0.15, 0.2) is 0 Å². The van der Waals surface area contributed by atoms with Crippen LogP contribution in [0.4, 0.5) is 0 Å². The summed E-state index contributed by atoms with van der Waals surface area (Å²) >= 11 is 7.59. The number of carbonyl (C=O) groups excluding carboxylic acids is 3. The molecule has 8 nitrogen and oxygen atoms in total. The van der Waals surface area contributed by atoms with E-state index in [-0.39, 0.29) is 30.7 Å². The van der Waals surface area contributed by atoms with Gasteiger partial charge in [-0.05, 0) is 49.7 Å². The van der Waals surface area contributed by atoms with Crippen LogP contribution in [0, 0.1) is 0 Å². The molecule has 220 valence electrons. The second-order valence-electron chi connectivity index (χ2n) is 9.96. The van der Waals surface area contributed by atoms with E-state index in [9.17, 15) is 14.4 Å². The van der Waals surface area contributed by atoms with Crippen LogP contribution in [0.3, 0.4) is 0 Å². The summed E-state index contributed by atoms with van der Waals surface area (Å²) in [5.74, 6) is -0.772. The molecule has 0 saturated carbocycles. The Labute approximate surface area is 251 Å². The number of benzene rings is 2. The number of carbonyl (C=O) groups is 3. The lowest BCUT2D eigenvalue weighted by Gasteiger charge is -2.24. The third-order valence-electron chi connectivity index (χ3n) is 6.71. The molecule has 0 aliphatic carbocycles. The van der Waals surface area contributed by atoms with E-state index in [2.05, 4.69) is 32.4 Å². The molecule has 0 fully saturated rings. The fourth-order valence-corrected chi connectivity index (χ4v) is 5.70. The Morgan fingerprint density at radius 1 is 1.02 bits per heavy atom. The van der Waals surface area contributed by atoms with Crippen molar-refractivity contribution in [3.8, 4) is 0 Å². The van der Waals surface area contributed by atoms with Gasteiger partial charge in [-0.25, -0.2) is 4.98 Å². The second-order valence-corrected chi connectivity index (χ2v) is 11.5. The number of rotatable bonds is 16. The van der Waals surface area contributed by atoms with Crippen LogP contribution >= 0.6 is 22.9 Å². The number of amides is 3. The molecule has 1 heterocycles. The Morgan fingerprint density at radius 2 is 1.76 bits per heavy atom. The minimum atomic E-state index is -0.823. The quantitative estimate of drug-likeness (QED) is 0.211. The molecule has 3 rings (SSSR count). The number of aromatic nitrogens is 1. The fourth-order valence-electron chi connectivity index (χ4n) is 4.42. The van der Waals surface area contributed by atoms with E-state index in [1.807, 2.05) is 63.2 Å². The van der Waals surface area contributed by atoms with E-state index in [4.69, 9.17) is 11.6 Å². The molecule has 3 aromatic rings. The maximum Gasteiger partial charge on any atom is 0.247 e. The summed E-state index contributed by atoms with van der Waals surface area (Å²) in [6.45, 7) is 12.3. The molecule has 0 bridgehead atoms. The van der Waals surface area contributed by atoms with Crippen LogP contribution in [0.15, 0.2) is 60.7 Å². The monoisotopic (exact) mass is 597 g/mol. The first kappa shape index (κ1) is 32.2. The average molecular weight is 598 g/mol. The minimum Gasteiger partial charge on any atom is -0.350 e. The first-order valence-corrected chi connectivity index (χ1v) is 15.3. The first-order chi connectivity index (χ1) is 19.7. The largest absolute Gasteiger partial charge is 0.350 e. The highest BCUT2D eigenvalue weighted by Crippen LogP contribution is 2.26. The normalized spacial score (nSPS) is 12.6. The number of hydrogen-bond donors (Lipinski definition) is 3. The van der Waals surface area contributed by atoms with Crippen molar-refractivity contribution in [2.75, 3.05) is 26.2 Å². The van der Waals surface area contributed by atoms with Gasteiger partial charge >= 0.3 is 0 Å². The maximum absolute atomic E-state index is 13.7. The third-order valence-corrected chi connectivity index (χ3v) is 7.99. The van der Waals surface area contributed by atoms with Crippen molar-refractivity contribution >= 4 is 50.9 Å². The van der Waals surface area contributed by atoms with Crippen LogP contribution in [0.5, 0.6) is 0 Å². The van der Waals surface area contributed by atoms with Crippen molar-refractivity contribution in [2.24, 2.45) is 0 Å². The highest BCUT2D eigenvalue weighted by molar-refractivity contribution is 7.18. The molecule has 3 amide bonds. The summed E-state index contributed by atoms with van der Waals surface area (Å²) in [6, 6.07) is 14.0. The van der Waals surface area contributed by atoms with Crippen LogP contribution < -0.4 is 16.0 Å². The van der Waals surface area contributed by atoms with E-state index in [1.165, 1.54) is 11.3 Å². The Kier molecular flexibility index (Phi) is 12.8. The molecular weight excluding hydrogens is 558 g/mol. The molecule has 1 unspecified atom stereocenters. The highest BCUT2D eigenvalue weighted by Gasteiger charge is 2.26. The lowest BCUT2D eigenvalue weighted by molar-refractivity contribution is -0.129. The topological polar surface area (TPSA) is 103 Å². The maximum atomic E-state index is 13.7. The standard InChI is InChI=1S/C31H40ClN5O3S/c1-5-11-28(38)35-26(18-29-36-25-15-14-23(32)17-27(25)41-29)31(40)34-24(16-22-12-9-8-10-13-22)19-33-30(39)21(4)20-37(6-2)7-3/h8-10,12-15,17,24,26H,4-7,11,16,18-20H2,1-3H3,(H,33,39)(H,34,40)(H,35,38)/t24?,26-/m0/s1. The molecule has 1 aromatic heterocycles. The van der Waals surface area contributed by atoms with Gasteiger partial charge in [0.1, 0.15) is 6.04 Å². The van der Waals surface area contributed by atoms with Crippen LogP contribution in [0.1, 0.15) is 44.2 Å². The highest BCUT2D eigenvalue weighted by atomic mass is 35.5. The Bertz CT molecular complexity index is 1330. The van der Waals surface area contributed by atoms with E-state index < -0.39 is 12.1 Å². The molecule has 41 heavy (non-hydrogen) atoms. The Morgan fingerprint density at radius 3 is 2.44 bits per heavy atom. The van der Waals surface area contributed by atoms with Crippen molar-refractivity contribution in [3.63, 3.8) is 0 Å². The van der Waals surface area contributed by atoms with Crippen molar-refractivity contribution in [2.45, 2.75) is 58.5 Å². The van der Waals surface area contributed by atoms with Crippen molar-refractivity contribution in [1.29, 1.82) is 0 Å². The predicted octanol–water partition coefficient (Wildman–Crippen LogP) is 4.52. The van der Waals surface area contributed by atoms with Gasteiger partial charge in [0.2, 0.25) is 17.7 Å². The van der Waals surface area contributed by atoms with E-state index >= 15 is 0 Å². The fraction of sp³-hybridized carbons (Fsp3) is 0.419. The summed E-state index contributed by atoms with van der Waals surface area (Å²) in [5.41, 5.74) is 2.28. The summed E-state index contributed by atoms with van der Waals surface area (Å²) in [5, 5.41) is 10.3. The van der Waals surface area contributed by atoms with Crippen LogP contribution in [-0.4, -0.2) is 65.9 Å². The minimum absolute atomic E-state index is 0.197. The van der Waals surface area contributed by atoms with E-state index in [0.29, 0.717) is 36.4 Å². The summed E-state index contributed by atoms with van der Waals surface area (Å²) in [7, 11) is 0. The second kappa shape index (κ2) is 16.2. The Hall–Kier alpha value is -3.27. The molecule has 0 saturated heterocycles. The van der Waals surface area contributed by atoms with Gasteiger partial charge in [0.25, 0.3) is 0 Å². The van der Waals surface area contributed by atoms with Crippen molar-refractivity contribution in [1.82, 2.24) is 25.8 Å². The van der Waals surface area contributed by atoms with Crippen molar-refractivity contribution < 1.29 is 14.4 Å². The van der Waals surface area contributed by atoms with E-state index in [0.717, 1.165) is 33.9 Å². The molecular formula is C31H40ClN5O3S. The van der Waals surface area contributed by atoms with Gasteiger partial charge in [-0.2, -0.15) is 0 Å². The first-order valence-electron chi connectivity index (χ1n) is 14.1. The predicted molar refractivity (Wildman–Crippen MR) is 167 cm³/mol. The molecule has 2 atom stereocenters. The van der Waals surface area contributed by atoms with Crippen LogP contribution in [0.2, 0.25) is 5.02 Å². The molecule has 10 heteroatoms. The lowest BCUT2D eigenvalue weighted by atomic mass is 10.0. The molecule has 0 aliphatic rings. The number of thiazole rings is 1. The zero-order valence-electron chi connectivity index (χ0n) is 24.0. The third kappa shape index (κ3) is 10.3. The SMILES string of the molecule is C=C(CN(CC)CC)C(=O)NCC(Cc1ccccc1)NC(=O)[C@H](Cc1nc2ccc(Cl)cc2s1)NC(=O)CCC. The van der Waals surface area contributed by atoms with Gasteiger partial charge < -0.3 is 16.0 Å². The smallest absolute Gasteiger partial charge is 0.247 e. The van der Waals surface area contributed by atoms with Gasteiger partial charge in [-0.1, -0.05) is 69.3 Å². The lowest BCUT2D eigenvalue weighted by Crippen LogP contribution is -2.53. The number of nitrogens with zero attached hydrogens (tertiary/aromatic N) is 2. The zero-order chi connectivity index (χ0) is 29.8. The number of nitrogens with one attached hydrogen (secondary N) is 3. The van der Waals surface area contributed by atoms with Gasteiger partial charge in [-0.15, -0.1) is 11.3 Å².